The second kappa shape index (κ2) is 8.30. The first-order valence-electron chi connectivity index (χ1n) is 11.5. The Bertz CT molecular complexity index is 1360. The van der Waals surface area contributed by atoms with Crippen LogP contribution in [0.15, 0.2) is 48.5 Å². The number of carbonyl (C=O) groups excluding carboxylic acids is 3. The van der Waals surface area contributed by atoms with E-state index >= 15 is 0 Å². The van der Waals surface area contributed by atoms with Gasteiger partial charge >= 0.3 is 6.03 Å². The highest BCUT2D eigenvalue weighted by molar-refractivity contribution is 6.11. The van der Waals surface area contributed by atoms with Crippen LogP contribution in [0.2, 0.25) is 0 Å². The SMILES string of the molecule is Cc1ccc(-n2c(C)cc(C(=O)CN3C(=O)N[C@](C)(c4ccc5c(c4)OCCO5)C3=O)c2C)cc1. The third-order valence-electron chi connectivity index (χ3n) is 6.72. The van der Waals surface area contributed by atoms with Crippen LogP contribution >= 0.6 is 0 Å². The van der Waals surface area contributed by atoms with Crippen molar-refractivity contribution >= 4 is 17.7 Å². The molecule has 1 saturated heterocycles. The van der Waals surface area contributed by atoms with Crippen LogP contribution in [0.1, 0.15) is 39.8 Å². The molecule has 0 radical (unpaired) electrons. The molecule has 3 aromatic rings. The fraction of sp³-hybridized carbons (Fsp3) is 0.296. The number of Topliss-reactive ketones (excluding diaryl/α,β-unsaturated/α-hetero) is 1. The summed E-state index contributed by atoms with van der Waals surface area (Å²) in [6.07, 6.45) is 0. The lowest BCUT2D eigenvalue weighted by Gasteiger charge is -2.25. The number of fused-ring (bicyclic) bond motifs is 1. The molecule has 1 atom stereocenters. The van der Waals surface area contributed by atoms with Gasteiger partial charge in [-0.2, -0.15) is 0 Å². The van der Waals surface area contributed by atoms with Gasteiger partial charge in [-0.15, -0.1) is 0 Å². The molecule has 8 nitrogen and oxygen atoms in total. The molecule has 0 bridgehead atoms. The maximum atomic E-state index is 13.4. The lowest BCUT2D eigenvalue weighted by atomic mass is 9.91. The Morgan fingerprint density at radius 3 is 2.37 bits per heavy atom. The number of amides is 3. The van der Waals surface area contributed by atoms with Gasteiger partial charge in [0.1, 0.15) is 18.8 Å². The van der Waals surface area contributed by atoms with Crippen molar-refractivity contribution in [3.63, 3.8) is 0 Å². The summed E-state index contributed by atoms with van der Waals surface area (Å²) in [4.78, 5) is 40.5. The molecule has 3 amide bonds. The number of aromatic nitrogens is 1. The summed E-state index contributed by atoms with van der Waals surface area (Å²) in [6, 6.07) is 14.4. The largest absolute Gasteiger partial charge is 0.486 e. The molecule has 1 aromatic heterocycles. The Kier molecular flexibility index (Phi) is 5.39. The van der Waals surface area contributed by atoms with Crippen LogP contribution in [0.5, 0.6) is 11.5 Å². The molecular formula is C27H27N3O5. The summed E-state index contributed by atoms with van der Waals surface area (Å²) >= 11 is 0. The fourth-order valence-corrected chi connectivity index (χ4v) is 4.76. The van der Waals surface area contributed by atoms with Crippen molar-refractivity contribution in [2.75, 3.05) is 19.8 Å². The number of hydrogen-bond acceptors (Lipinski definition) is 5. The summed E-state index contributed by atoms with van der Waals surface area (Å²) in [5, 5.41) is 2.76. The van der Waals surface area contributed by atoms with Crippen LogP contribution in [-0.2, 0) is 10.3 Å². The maximum Gasteiger partial charge on any atom is 0.325 e. The number of carbonyl (C=O) groups is 3. The van der Waals surface area contributed by atoms with Gasteiger partial charge in [-0.3, -0.25) is 14.5 Å². The van der Waals surface area contributed by atoms with Crippen LogP contribution < -0.4 is 14.8 Å². The van der Waals surface area contributed by atoms with Gasteiger partial charge in [0.05, 0.1) is 6.54 Å². The predicted molar refractivity (Wildman–Crippen MR) is 129 cm³/mol. The second-order valence-corrected chi connectivity index (χ2v) is 9.18. The van der Waals surface area contributed by atoms with Crippen molar-refractivity contribution in [1.82, 2.24) is 14.8 Å². The van der Waals surface area contributed by atoms with E-state index in [9.17, 15) is 14.4 Å². The van der Waals surface area contributed by atoms with Gasteiger partial charge in [0.15, 0.2) is 17.3 Å². The first-order valence-corrected chi connectivity index (χ1v) is 11.5. The van der Waals surface area contributed by atoms with E-state index in [1.165, 1.54) is 0 Å². The zero-order valence-corrected chi connectivity index (χ0v) is 20.2. The molecule has 2 aliphatic rings. The minimum Gasteiger partial charge on any atom is -0.486 e. The normalized spacial score (nSPS) is 19.1. The number of ether oxygens (including phenoxy) is 2. The van der Waals surface area contributed by atoms with E-state index in [4.69, 9.17) is 9.47 Å². The Balaban J connectivity index is 1.40. The number of benzene rings is 2. The number of rotatable bonds is 5. The zero-order chi connectivity index (χ0) is 24.9. The van der Waals surface area contributed by atoms with E-state index in [1.54, 1.807) is 31.2 Å². The summed E-state index contributed by atoms with van der Waals surface area (Å²) in [5.41, 5.74) is 3.49. The van der Waals surface area contributed by atoms with Gasteiger partial charge in [0, 0.05) is 22.6 Å². The average Bonchev–Trinajstić information content (AvgIpc) is 3.26. The van der Waals surface area contributed by atoms with E-state index < -0.39 is 17.5 Å². The Morgan fingerprint density at radius 1 is 0.971 bits per heavy atom. The van der Waals surface area contributed by atoms with E-state index in [1.807, 2.05) is 49.6 Å². The highest BCUT2D eigenvalue weighted by atomic mass is 16.6. The third kappa shape index (κ3) is 3.75. The van der Waals surface area contributed by atoms with Crippen molar-refractivity contribution in [2.24, 2.45) is 0 Å². The molecule has 0 aliphatic carbocycles. The van der Waals surface area contributed by atoms with Crippen molar-refractivity contribution < 1.29 is 23.9 Å². The van der Waals surface area contributed by atoms with E-state index in [0.29, 0.717) is 35.8 Å². The highest BCUT2D eigenvalue weighted by Gasteiger charge is 2.50. The summed E-state index contributed by atoms with van der Waals surface area (Å²) < 4.78 is 13.2. The lowest BCUT2D eigenvalue weighted by Crippen LogP contribution is -2.41. The molecule has 8 heteroatoms. The number of hydrogen-bond donors (Lipinski definition) is 1. The lowest BCUT2D eigenvalue weighted by molar-refractivity contribution is -0.130. The first-order chi connectivity index (χ1) is 16.7. The van der Waals surface area contributed by atoms with E-state index in [-0.39, 0.29) is 12.3 Å². The van der Waals surface area contributed by atoms with Crippen LogP contribution in [0.3, 0.4) is 0 Å². The Hall–Kier alpha value is -4.07. The molecule has 2 aliphatic heterocycles. The minimum absolute atomic E-state index is 0.300. The Morgan fingerprint density at radius 2 is 1.66 bits per heavy atom. The summed E-state index contributed by atoms with van der Waals surface area (Å²) in [6.45, 7) is 7.97. The second-order valence-electron chi connectivity index (χ2n) is 9.18. The van der Waals surface area contributed by atoms with E-state index in [2.05, 4.69) is 5.32 Å². The van der Waals surface area contributed by atoms with Crippen LogP contribution in [0, 0.1) is 20.8 Å². The topological polar surface area (TPSA) is 89.9 Å². The molecule has 180 valence electrons. The van der Waals surface area contributed by atoms with Gasteiger partial charge in [-0.05, 0) is 63.6 Å². The van der Waals surface area contributed by atoms with Crippen molar-refractivity contribution in [1.29, 1.82) is 0 Å². The van der Waals surface area contributed by atoms with Gasteiger partial charge in [0.25, 0.3) is 5.91 Å². The highest BCUT2D eigenvalue weighted by Crippen LogP contribution is 2.37. The quantitative estimate of drug-likeness (QED) is 0.449. The molecule has 35 heavy (non-hydrogen) atoms. The standard InChI is InChI=1S/C27H27N3O5/c1-16-5-8-20(9-6-16)30-17(2)13-21(18(30)3)22(31)15-29-25(32)27(4,28-26(29)33)19-7-10-23-24(14-19)35-12-11-34-23/h5-10,13-14H,11-12,15H2,1-4H3,(H,28,33)/t27-/m1/s1. The van der Waals surface area contributed by atoms with Crippen LogP contribution in [0.25, 0.3) is 5.69 Å². The molecule has 2 aromatic carbocycles. The average molecular weight is 474 g/mol. The summed E-state index contributed by atoms with van der Waals surface area (Å²) in [7, 11) is 0. The monoisotopic (exact) mass is 473 g/mol. The minimum atomic E-state index is -1.31. The van der Waals surface area contributed by atoms with Gasteiger partial charge in [0.2, 0.25) is 0 Å². The third-order valence-corrected chi connectivity index (χ3v) is 6.72. The number of aryl methyl sites for hydroxylation is 2. The van der Waals surface area contributed by atoms with Crippen molar-refractivity contribution in [3.8, 4) is 17.2 Å². The zero-order valence-electron chi connectivity index (χ0n) is 20.2. The Labute approximate surface area is 203 Å². The predicted octanol–water partition coefficient (Wildman–Crippen LogP) is 3.82. The number of urea groups is 1. The van der Waals surface area contributed by atoms with Crippen molar-refractivity contribution in [3.05, 3.63) is 76.6 Å². The molecule has 0 spiro atoms. The molecule has 0 saturated carbocycles. The van der Waals surface area contributed by atoms with Gasteiger partial charge in [-0.1, -0.05) is 23.8 Å². The molecular weight excluding hydrogens is 446 g/mol. The van der Waals surface area contributed by atoms with Crippen molar-refractivity contribution in [2.45, 2.75) is 33.2 Å². The molecule has 1 fully saturated rings. The molecule has 0 unspecified atom stereocenters. The molecule has 3 heterocycles. The number of nitrogens with zero attached hydrogens (tertiary/aromatic N) is 2. The molecule has 1 N–H and O–H groups in total. The molecule has 5 rings (SSSR count). The van der Waals surface area contributed by atoms with Gasteiger partial charge < -0.3 is 19.4 Å². The number of nitrogens with one attached hydrogen (secondary N) is 1. The number of ketones is 1. The fourth-order valence-electron chi connectivity index (χ4n) is 4.76. The van der Waals surface area contributed by atoms with Gasteiger partial charge in [-0.25, -0.2) is 4.79 Å². The van der Waals surface area contributed by atoms with Crippen LogP contribution in [-0.4, -0.2) is 46.9 Å². The van der Waals surface area contributed by atoms with Crippen LogP contribution in [0.4, 0.5) is 4.79 Å². The maximum absolute atomic E-state index is 13.4. The summed E-state index contributed by atoms with van der Waals surface area (Å²) in [5.74, 6) is 0.331. The number of imide groups is 1. The smallest absolute Gasteiger partial charge is 0.325 e. The van der Waals surface area contributed by atoms with E-state index in [0.717, 1.165) is 27.5 Å². The first kappa shape index (κ1) is 22.7.